The number of hydrogen-bond acceptors (Lipinski definition) is 5. The molecule has 0 amide bonds. The molecular weight excluding hydrogens is 477 g/mol. The molecule has 0 saturated carbocycles. The van der Waals surface area contributed by atoms with Gasteiger partial charge in [0.05, 0.1) is 10.6 Å². The number of benzene rings is 3. The largest absolute Gasteiger partial charge is 0.269 e. The summed E-state index contributed by atoms with van der Waals surface area (Å²) in [6.07, 6.45) is 1.55. The van der Waals surface area contributed by atoms with E-state index in [0.717, 1.165) is 5.56 Å². The van der Waals surface area contributed by atoms with Crippen LogP contribution in [0, 0.1) is 5.82 Å². The standard InChI is InChI=1S/C27H18FN5O2S/c28-20-13-11-19(12-14-20)25-26(31-32-30-25)22-15-16-29-27-23(22)17-24(18-7-3-1-4-8-18)33(27)36(34,35)21-9-5-2-6-10-21/h1-17H,(H,30,31,32). The van der Waals surface area contributed by atoms with Gasteiger partial charge in [-0.1, -0.05) is 48.5 Å². The van der Waals surface area contributed by atoms with Gasteiger partial charge in [0, 0.05) is 22.7 Å². The molecule has 0 aliphatic rings. The number of fused-ring (bicyclic) bond motifs is 1. The van der Waals surface area contributed by atoms with Gasteiger partial charge in [-0.05, 0) is 54.1 Å². The molecule has 176 valence electrons. The number of nitrogens with zero attached hydrogens (tertiary/aromatic N) is 4. The molecule has 1 N–H and O–H groups in total. The Hall–Kier alpha value is -4.63. The van der Waals surface area contributed by atoms with Crippen molar-refractivity contribution in [2.75, 3.05) is 0 Å². The van der Waals surface area contributed by atoms with Crippen LogP contribution in [0.25, 0.3) is 44.8 Å². The summed E-state index contributed by atoms with van der Waals surface area (Å²) in [6.45, 7) is 0. The molecule has 6 aromatic rings. The van der Waals surface area contributed by atoms with Gasteiger partial charge in [0.25, 0.3) is 10.0 Å². The van der Waals surface area contributed by atoms with Gasteiger partial charge in [0.15, 0.2) is 5.65 Å². The lowest BCUT2D eigenvalue weighted by Gasteiger charge is -2.12. The number of rotatable bonds is 5. The topological polar surface area (TPSA) is 93.5 Å². The highest BCUT2D eigenvalue weighted by Crippen LogP contribution is 2.38. The van der Waals surface area contributed by atoms with Crippen molar-refractivity contribution in [2.24, 2.45) is 0 Å². The minimum atomic E-state index is -3.99. The van der Waals surface area contributed by atoms with Gasteiger partial charge in [0.2, 0.25) is 0 Å². The fraction of sp³-hybridized carbons (Fsp3) is 0. The van der Waals surface area contributed by atoms with Gasteiger partial charge in [-0.25, -0.2) is 21.8 Å². The van der Waals surface area contributed by atoms with Crippen LogP contribution >= 0.6 is 0 Å². The zero-order valence-corrected chi connectivity index (χ0v) is 19.5. The molecule has 0 aliphatic heterocycles. The molecule has 0 fully saturated rings. The summed E-state index contributed by atoms with van der Waals surface area (Å²) in [5.41, 5.74) is 3.80. The molecule has 7 nitrogen and oxygen atoms in total. The van der Waals surface area contributed by atoms with Gasteiger partial charge in [-0.2, -0.15) is 15.4 Å². The van der Waals surface area contributed by atoms with Crippen LogP contribution in [0.1, 0.15) is 0 Å². The van der Waals surface area contributed by atoms with Crippen LogP contribution in [0.3, 0.4) is 0 Å². The molecule has 0 atom stereocenters. The van der Waals surface area contributed by atoms with E-state index in [1.165, 1.54) is 16.1 Å². The van der Waals surface area contributed by atoms with E-state index in [2.05, 4.69) is 20.4 Å². The normalized spacial score (nSPS) is 11.7. The maximum Gasteiger partial charge on any atom is 0.269 e. The second-order valence-corrected chi connectivity index (χ2v) is 9.89. The van der Waals surface area contributed by atoms with Gasteiger partial charge >= 0.3 is 0 Å². The van der Waals surface area contributed by atoms with E-state index < -0.39 is 10.0 Å². The van der Waals surface area contributed by atoms with E-state index in [1.807, 2.05) is 30.3 Å². The maximum atomic E-state index is 13.9. The number of hydrogen-bond donors (Lipinski definition) is 1. The quantitative estimate of drug-likeness (QED) is 0.339. The Balaban J connectivity index is 1.64. The zero-order valence-electron chi connectivity index (χ0n) is 18.7. The van der Waals surface area contributed by atoms with E-state index in [4.69, 9.17) is 0 Å². The molecule has 6 rings (SSSR count). The van der Waals surface area contributed by atoms with Gasteiger partial charge in [0.1, 0.15) is 17.2 Å². The average Bonchev–Trinajstić information content (AvgIpc) is 3.56. The number of H-pyrrole nitrogens is 1. The van der Waals surface area contributed by atoms with Crippen LogP contribution in [-0.4, -0.2) is 32.8 Å². The maximum absolute atomic E-state index is 13.9. The summed E-state index contributed by atoms with van der Waals surface area (Å²) >= 11 is 0. The highest BCUT2D eigenvalue weighted by atomic mass is 32.2. The monoisotopic (exact) mass is 495 g/mol. The Kier molecular flexibility index (Phi) is 5.19. The van der Waals surface area contributed by atoms with E-state index in [1.54, 1.807) is 60.8 Å². The fourth-order valence-corrected chi connectivity index (χ4v) is 5.76. The van der Waals surface area contributed by atoms with Crippen LogP contribution in [0.4, 0.5) is 4.39 Å². The van der Waals surface area contributed by atoms with Crippen LogP contribution in [0.15, 0.2) is 108 Å². The van der Waals surface area contributed by atoms with Crippen molar-refractivity contribution in [3.63, 3.8) is 0 Å². The molecule has 36 heavy (non-hydrogen) atoms. The first-order valence-corrected chi connectivity index (χ1v) is 12.5. The van der Waals surface area contributed by atoms with E-state index >= 15 is 0 Å². The SMILES string of the molecule is O=S(=O)(c1ccccc1)n1c(-c2ccccc2)cc2c(-c3n[nH]nc3-c3ccc(F)cc3)ccnc21. The molecular formula is C27H18FN5O2S. The molecule has 0 radical (unpaired) electrons. The Morgan fingerprint density at radius 1 is 0.750 bits per heavy atom. The number of aromatic nitrogens is 5. The predicted molar refractivity (Wildman–Crippen MR) is 135 cm³/mol. The third-order valence-corrected chi connectivity index (χ3v) is 7.65. The van der Waals surface area contributed by atoms with Crippen molar-refractivity contribution in [3.8, 4) is 33.8 Å². The molecule has 3 heterocycles. The van der Waals surface area contributed by atoms with Crippen molar-refractivity contribution >= 4 is 21.1 Å². The van der Waals surface area contributed by atoms with Gasteiger partial charge < -0.3 is 0 Å². The lowest BCUT2D eigenvalue weighted by Crippen LogP contribution is -2.14. The van der Waals surface area contributed by atoms with E-state index in [0.29, 0.717) is 33.6 Å². The van der Waals surface area contributed by atoms with Crippen LogP contribution < -0.4 is 0 Å². The van der Waals surface area contributed by atoms with Crippen molar-refractivity contribution in [1.82, 2.24) is 24.4 Å². The zero-order chi connectivity index (χ0) is 24.7. The van der Waals surface area contributed by atoms with Crippen molar-refractivity contribution in [2.45, 2.75) is 4.90 Å². The molecule has 0 bridgehead atoms. The van der Waals surface area contributed by atoms with Crippen molar-refractivity contribution in [1.29, 1.82) is 0 Å². The van der Waals surface area contributed by atoms with Gasteiger partial charge in [-0.15, -0.1) is 0 Å². The second kappa shape index (κ2) is 8.54. The molecule has 0 unspecified atom stereocenters. The average molecular weight is 496 g/mol. The first-order valence-electron chi connectivity index (χ1n) is 11.1. The van der Waals surface area contributed by atoms with Crippen LogP contribution in [0.5, 0.6) is 0 Å². The first-order chi connectivity index (χ1) is 17.5. The summed E-state index contributed by atoms with van der Waals surface area (Å²) in [5, 5.41) is 11.9. The number of halogens is 1. The van der Waals surface area contributed by atoms with Crippen LogP contribution in [0.2, 0.25) is 0 Å². The summed E-state index contributed by atoms with van der Waals surface area (Å²) in [4.78, 5) is 4.63. The van der Waals surface area contributed by atoms with Crippen LogP contribution in [-0.2, 0) is 10.0 Å². The number of pyridine rings is 1. The Labute approximate surface area is 205 Å². The van der Waals surface area contributed by atoms with Gasteiger partial charge in [-0.3, -0.25) is 0 Å². The van der Waals surface area contributed by atoms with E-state index in [-0.39, 0.29) is 16.4 Å². The highest BCUT2D eigenvalue weighted by molar-refractivity contribution is 7.90. The van der Waals surface area contributed by atoms with E-state index in [9.17, 15) is 12.8 Å². The Morgan fingerprint density at radius 3 is 2.14 bits per heavy atom. The Bertz CT molecular complexity index is 1800. The highest BCUT2D eigenvalue weighted by Gasteiger charge is 2.27. The lowest BCUT2D eigenvalue weighted by atomic mass is 10.0. The number of nitrogens with one attached hydrogen (secondary N) is 1. The molecule has 0 saturated heterocycles. The molecule has 3 aromatic carbocycles. The molecule has 0 spiro atoms. The Morgan fingerprint density at radius 2 is 1.42 bits per heavy atom. The third-order valence-electron chi connectivity index (χ3n) is 5.93. The minimum absolute atomic E-state index is 0.153. The molecule has 9 heteroatoms. The smallest absolute Gasteiger partial charge is 0.237 e. The minimum Gasteiger partial charge on any atom is -0.237 e. The summed E-state index contributed by atoms with van der Waals surface area (Å²) in [7, 11) is -3.99. The van der Waals surface area contributed by atoms with Crippen molar-refractivity contribution in [3.05, 3.63) is 109 Å². The second-order valence-electron chi connectivity index (χ2n) is 8.10. The summed E-state index contributed by atoms with van der Waals surface area (Å²) in [5.74, 6) is -0.356. The van der Waals surface area contributed by atoms with Crippen molar-refractivity contribution < 1.29 is 12.8 Å². The first kappa shape index (κ1) is 21.9. The molecule has 0 aliphatic carbocycles. The summed E-state index contributed by atoms with van der Waals surface area (Å²) in [6, 6.07) is 27.1. The fourth-order valence-electron chi connectivity index (χ4n) is 4.26. The predicted octanol–water partition coefficient (Wildman–Crippen LogP) is 5.53. The summed E-state index contributed by atoms with van der Waals surface area (Å²) < 4.78 is 42.5. The number of aromatic amines is 1. The third kappa shape index (κ3) is 3.57. The molecule has 3 aromatic heterocycles. The lowest BCUT2D eigenvalue weighted by molar-refractivity contribution is 0.589.